The average molecular weight is 280 g/mol. The summed E-state index contributed by atoms with van der Waals surface area (Å²) < 4.78 is 6.05. The lowest BCUT2D eigenvalue weighted by molar-refractivity contribution is -0.114. The molecule has 0 atom stereocenters. The van der Waals surface area contributed by atoms with Gasteiger partial charge in [-0.25, -0.2) is 4.79 Å². The Hall–Kier alpha value is -1.27. The van der Waals surface area contributed by atoms with E-state index in [0.717, 1.165) is 0 Å². The van der Waals surface area contributed by atoms with E-state index in [0.29, 0.717) is 0 Å². The standard InChI is InChI=1S/C9H11Cl2N3O3/c1-3-17-9(16)7-6(11)8(14(2)13-7)12-5(15)4-10/h3-4H2,1-2H3,(H,12,15). The molecule has 1 aromatic rings. The number of amides is 1. The molecule has 0 aliphatic rings. The minimum atomic E-state index is -0.639. The number of ether oxygens (including phenoxy) is 1. The molecule has 0 fully saturated rings. The van der Waals surface area contributed by atoms with Crippen LogP contribution in [0.5, 0.6) is 0 Å². The molecule has 0 unspecified atom stereocenters. The summed E-state index contributed by atoms with van der Waals surface area (Å²) in [6.45, 7) is 1.89. The summed E-state index contributed by atoms with van der Waals surface area (Å²) in [6, 6.07) is 0. The molecule has 0 aliphatic heterocycles. The van der Waals surface area contributed by atoms with E-state index in [2.05, 4.69) is 10.4 Å². The number of esters is 1. The normalized spacial score (nSPS) is 10.1. The van der Waals surface area contributed by atoms with E-state index < -0.39 is 11.9 Å². The van der Waals surface area contributed by atoms with Crippen molar-refractivity contribution < 1.29 is 14.3 Å². The molecular formula is C9H11Cl2N3O3. The Morgan fingerprint density at radius 1 is 1.53 bits per heavy atom. The van der Waals surface area contributed by atoms with Crippen molar-refractivity contribution in [3.63, 3.8) is 0 Å². The van der Waals surface area contributed by atoms with E-state index in [1.54, 1.807) is 14.0 Å². The van der Waals surface area contributed by atoms with Gasteiger partial charge in [0.25, 0.3) is 0 Å². The van der Waals surface area contributed by atoms with Crippen molar-refractivity contribution in [2.24, 2.45) is 7.05 Å². The quantitative estimate of drug-likeness (QED) is 0.668. The Kier molecular flexibility index (Phi) is 4.77. The van der Waals surface area contributed by atoms with Crippen LogP contribution in [0.15, 0.2) is 0 Å². The first-order valence-corrected chi connectivity index (χ1v) is 5.67. The third-order valence-corrected chi connectivity index (χ3v) is 2.44. The first-order valence-electron chi connectivity index (χ1n) is 4.76. The van der Waals surface area contributed by atoms with Crippen molar-refractivity contribution in [2.45, 2.75) is 6.92 Å². The molecule has 94 valence electrons. The van der Waals surface area contributed by atoms with Gasteiger partial charge in [-0.2, -0.15) is 5.10 Å². The zero-order chi connectivity index (χ0) is 13.0. The molecule has 6 nitrogen and oxygen atoms in total. The topological polar surface area (TPSA) is 73.2 Å². The van der Waals surface area contributed by atoms with Crippen LogP contribution in [0.2, 0.25) is 5.02 Å². The second-order valence-corrected chi connectivity index (χ2v) is 3.68. The van der Waals surface area contributed by atoms with Crippen molar-refractivity contribution in [1.29, 1.82) is 0 Å². The lowest BCUT2D eigenvalue weighted by atomic mass is 10.4. The van der Waals surface area contributed by atoms with E-state index in [9.17, 15) is 9.59 Å². The highest BCUT2D eigenvalue weighted by Gasteiger charge is 2.22. The van der Waals surface area contributed by atoms with E-state index in [1.807, 2.05) is 0 Å². The highest BCUT2D eigenvalue weighted by Crippen LogP contribution is 2.25. The van der Waals surface area contributed by atoms with Crippen molar-refractivity contribution in [1.82, 2.24) is 9.78 Å². The van der Waals surface area contributed by atoms with E-state index >= 15 is 0 Å². The lowest BCUT2D eigenvalue weighted by Gasteiger charge is -2.02. The number of nitrogens with zero attached hydrogens (tertiary/aromatic N) is 2. The number of carbonyl (C=O) groups is 2. The van der Waals surface area contributed by atoms with Crippen molar-refractivity contribution in [2.75, 3.05) is 17.8 Å². The molecule has 0 radical (unpaired) electrons. The number of rotatable bonds is 4. The summed E-state index contributed by atoms with van der Waals surface area (Å²) >= 11 is 11.3. The Morgan fingerprint density at radius 2 is 2.18 bits per heavy atom. The van der Waals surface area contributed by atoms with Gasteiger partial charge in [0.05, 0.1) is 6.61 Å². The van der Waals surface area contributed by atoms with Crippen LogP contribution in [-0.2, 0) is 16.6 Å². The fraction of sp³-hybridized carbons (Fsp3) is 0.444. The maximum absolute atomic E-state index is 11.5. The van der Waals surface area contributed by atoms with Gasteiger partial charge in [-0.3, -0.25) is 9.48 Å². The summed E-state index contributed by atoms with van der Waals surface area (Å²) in [5, 5.41) is 6.34. The number of aryl methyl sites for hydroxylation is 1. The molecule has 0 bridgehead atoms. The summed E-state index contributed by atoms with van der Waals surface area (Å²) in [4.78, 5) is 22.6. The van der Waals surface area contributed by atoms with Gasteiger partial charge >= 0.3 is 5.97 Å². The lowest BCUT2D eigenvalue weighted by Crippen LogP contribution is -2.15. The first kappa shape index (κ1) is 13.8. The van der Waals surface area contributed by atoms with Crippen LogP contribution in [-0.4, -0.2) is 34.1 Å². The first-order chi connectivity index (χ1) is 8.01. The summed E-state index contributed by atoms with van der Waals surface area (Å²) in [6.07, 6.45) is 0. The molecule has 0 aromatic carbocycles. The largest absolute Gasteiger partial charge is 0.461 e. The molecular weight excluding hydrogens is 269 g/mol. The molecule has 8 heteroatoms. The number of aromatic nitrogens is 2. The monoisotopic (exact) mass is 279 g/mol. The molecule has 1 heterocycles. The summed E-state index contributed by atoms with van der Waals surface area (Å²) in [7, 11) is 1.54. The highest BCUT2D eigenvalue weighted by atomic mass is 35.5. The fourth-order valence-electron chi connectivity index (χ4n) is 1.13. The number of carbonyl (C=O) groups excluding carboxylic acids is 2. The van der Waals surface area contributed by atoms with Gasteiger partial charge in [-0.05, 0) is 6.92 Å². The van der Waals surface area contributed by atoms with Gasteiger partial charge in [0.2, 0.25) is 5.91 Å². The SMILES string of the molecule is CCOC(=O)c1nn(C)c(NC(=O)CCl)c1Cl. The smallest absolute Gasteiger partial charge is 0.360 e. The zero-order valence-corrected chi connectivity index (χ0v) is 10.8. The maximum Gasteiger partial charge on any atom is 0.360 e. The summed E-state index contributed by atoms with van der Waals surface area (Å²) in [5.74, 6) is -1.08. The van der Waals surface area contributed by atoms with Crippen LogP contribution in [0.1, 0.15) is 17.4 Å². The number of hydrogen-bond acceptors (Lipinski definition) is 4. The number of hydrogen-bond donors (Lipinski definition) is 1. The fourth-order valence-corrected chi connectivity index (χ4v) is 1.48. The Morgan fingerprint density at radius 3 is 2.71 bits per heavy atom. The molecule has 0 aliphatic carbocycles. The molecule has 1 rings (SSSR count). The Labute approximate surface area is 108 Å². The van der Waals surface area contributed by atoms with Crippen LogP contribution in [0.4, 0.5) is 5.82 Å². The van der Waals surface area contributed by atoms with Gasteiger partial charge in [0.15, 0.2) is 11.5 Å². The summed E-state index contributed by atoms with van der Waals surface area (Å²) in [5.41, 5.74) is -0.0408. The van der Waals surface area contributed by atoms with Crippen LogP contribution < -0.4 is 5.32 Å². The molecule has 1 aromatic heterocycles. The second kappa shape index (κ2) is 5.88. The Balaban J connectivity index is 3.01. The Bertz CT molecular complexity index is 445. The number of anilines is 1. The predicted molar refractivity (Wildman–Crippen MR) is 63.5 cm³/mol. The van der Waals surface area contributed by atoms with Crippen LogP contribution in [0.3, 0.4) is 0 Å². The minimum Gasteiger partial charge on any atom is -0.461 e. The molecule has 1 N–H and O–H groups in total. The highest BCUT2D eigenvalue weighted by molar-refractivity contribution is 6.36. The predicted octanol–water partition coefficient (Wildman–Crippen LogP) is 1.43. The van der Waals surface area contributed by atoms with Crippen LogP contribution in [0.25, 0.3) is 0 Å². The van der Waals surface area contributed by atoms with Crippen molar-refractivity contribution in [3.8, 4) is 0 Å². The van der Waals surface area contributed by atoms with Gasteiger partial charge in [0, 0.05) is 7.05 Å². The van der Waals surface area contributed by atoms with Gasteiger partial charge in [-0.1, -0.05) is 11.6 Å². The number of halogens is 2. The third kappa shape index (κ3) is 3.10. The van der Waals surface area contributed by atoms with Crippen molar-refractivity contribution >= 4 is 40.9 Å². The molecule has 0 saturated carbocycles. The van der Waals surface area contributed by atoms with Crippen LogP contribution >= 0.6 is 23.2 Å². The molecule has 0 spiro atoms. The van der Waals surface area contributed by atoms with Gasteiger partial charge in [-0.15, -0.1) is 11.6 Å². The third-order valence-electron chi connectivity index (χ3n) is 1.84. The average Bonchev–Trinajstić information content (AvgIpc) is 2.57. The van der Waals surface area contributed by atoms with E-state index in [-0.39, 0.29) is 29.0 Å². The minimum absolute atomic E-state index is 0.0319. The van der Waals surface area contributed by atoms with Gasteiger partial charge in [0.1, 0.15) is 10.9 Å². The molecule has 17 heavy (non-hydrogen) atoms. The maximum atomic E-state index is 11.5. The number of nitrogens with one attached hydrogen (secondary N) is 1. The van der Waals surface area contributed by atoms with Gasteiger partial charge < -0.3 is 10.1 Å². The molecule has 1 amide bonds. The van der Waals surface area contributed by atoms with Crippen molar-refractivity contribution in [3.05, 3.63) is 10.7 Å². The molecule has 0 saturated heterocycles. The number of alkyl halides is 1. The van der Waals surface area contributed by atoms with Crippen LogP contribution in [0, 0.1) is 0 Å². The van der Waals surface area contributed by atoms with E-state index in [1.165, 1.54) is 4.68 Å². The second-order valence-electron chi connectivity index (χ2n) is 3.04. The van der Waals surface area contributed by atoms with E-state index in [4.69, 9.17) is 27.9 Å². The zero-order valence-electron chi connectivity index (χ0n) is 9.29.